The molecule has 0 bridgehead atoms. The van der Waals surface area contributed by atoms with Gasteiger partial charge in [-0.2, -0.15) is 0 Å². The van der Waals surface area contributed by atoms with Crippen molar-refractivity contribution in [3.8, 4) is 10.4 Å². The Labute approximate surface area is 203 Å². The zero-order chi connectivity index (χ0) is 24.0. The minimum absolute atomic E-state index is 0.0943. The average molecular weight is 486 g/mol. The van der Waals surface area contributed by atoms with E-state index in [1.807, 2.05) is 57.2 Å². The predicted octanol–water partition coefficient (Wildman–Crippen LogP) is 6.39. The number of nitrogens with zero attached hydrogens (tertiary/aromatic N) is 1. The molecule has 1 N–H and O–H groups in total. The van der Waals surface area contributed by atoms with Crippen molar-refractivity contribution in [1.82, 2.24) is 4.90 Å². The van der Waals surface area contributed by atoms with Gasteiger partial charge in [0.15, 0.2) is 6.29 Å². The fourth-order valence-electron chi connectivity index (χ4n) is 3.28. The van der Waals surface area contributed by atoms with Gasteiger partial charge in [-0.3, -0.25) is 4.79 Å². The summed E-state index contributed by atoms with van der Waals surface area (Å²) < 4.78 is 5.56. The number of hydrogen-bond acceptors (Lipinski definition) is 5. The third-order valence-electron chi connectivity index (χ3n) is 4.93. The highest BCUT2D eigenvalue weighted by molar-refractivity contribution is 7.17. The van der Waals surface area contributed by atoms with Gasteiger partial charge in [-0.15, -0.1) is 11.3 Å². The lowest BCUT2D eigenvalue weighted by Gasteiger charge is -2.29. The monoisotopic (exact) mass is 485 g/mol. The molecule has 0 fully saturated rings. The van der Waals surface area contributed by atoms with Crippen molar-refractivity contribution >= 4 is 35.3 Å². The number of aldehydes is 1. The fourth-order valence-corrected chi connectivity index (χ4v) is 4.31. The summed E-state index contributed by atoms with van der Waals surface area (Å²) in [5.41, 5.74) is 2.10. The van der Waals surface area contributed by atoms with Gasteiger partial charge in [0.2, 0.25) is 0 Å². The second kappa shape index (κ2) is 11.0. The van der Waals surface area contributed by atoms with Crippen molar-refractivity contribution in [2.24, 2.45) is 0 Å². The average Bonchev–Trinajstić information content (AvgIpc) is 3.25. The Morgan fingerprint density at radius 2 is 1.88 bits per heavy atom. The standard InChI is InChI=1S/C26H28ClNO4S/c1-26(2,3)32-25(31)28(16-23(30)20-5-4-6-21(27)15-20)14-13-18-7-9-19(10-8-18)24-12-11-22(17-29)33-24/h4-12,15,17,23,30H,13-14,16H2,1-3H3/t23-/m0/s1. The number of rotatable bonds is 8. The first kappa shape index (κ1) is 25.0. The van der Waals surface area contributed by atoms with E-state index in [-0.39, 0.29) is 6.54 Å². The van der Waals surface area contributed by atoms with Crippen molar-refractivity contribution in [1.29, 1.82) is 0 Å². The number of carbonyl (C=O) groups excluding carboxylic acids is 2. The molecule has 1 heterocycles. The van der Waals surface area contributed by atoms with Gasteiger partial charge in [0, 0.05) is 16.4 Å². The minimum Gasteiger partial charge on any atom is -0.444 e. The number of aliphatic hydroxyl groups is 1. The smallest absolute Gasteiger partial charge is 0.410 e. The summed E-state index contributed by atoms with van der Waals surface area (Å²) in [6.07, 6.45) is 0.0989. The summed E-state index contributed by atoms with van der Waals surface area (Å²) in [4.78, 5) is 27.0. The number of benzene rings is 2. The van der Waals surface area contributed by atoms with E-state index < -0.39 is 17.8 Å². The third kappa shape index (κ3) is 7.42. The van der Waals surface area contributed by atoms with Gasteiger partial charge < -0.3 is 14.7 Å². The number of halogens is 1. The molecule has 3 aromatic rings. The molecule has 5 nitrogen and oxygen atoms in total. The molecule has 3 rings (SSSR count). The zero-order valence-corrected chi connectivity index (χ0v) is 20.5. The van der Waals surface area contributed by atoms with Gasteiger partial charge in [-0.05, 0) is 68.1 Å². The van der Waals surface area contributed by atoms with Crippen LogP contribution in [0.4, 0.5) is 4.79 Å². The summed E-state index contributed by atoms with van der Waals surface area (Å²) in [6.45, 7) is 5.93. The SMILES string of the molecule is CC(C)(C)OC(=O)N(CCc1ccc(-c2ccc(C=O)s2)cc1)C[C@H](O)c1cccc(Cl)c1. The molecule has 0 aliphatic heterocycles. The molecule has 0 saturated heterocycles. The van der Waals surface area contributed by atoms with Gasteiger partial charge >= 0.3 is 6.09 Å². The molecule has 7 heteroatoms. The molecule has 0 radical (unpaired) electrons. The van der Waals surface area contributed by atoms with Crippen LogP contribution >= 0.6 is 22.9 Å². The molecule has 1 aromatic heterocycles. The molecule has 0 aliphatic carbocycles. The maximum Gasteiger partial charge on any atom is 0.410 e. The zero-order valence-electron chi connectivity index (χ0n) is 19.0. The van der Waals surface area contributed by atoms with Gasteiger partial charge in [0.25, 0.3) is 0 Å². The largest absolute Gasteiger partial charge is 0.444 e. The molecule has 0 spiro atoms. The summed E-state index contributed by atoms with van der Waals surface area (Å²) in [5.74, 6) is 0. The Morgan fingerprint density at radius 1 is 1.15 bits per heavy atom. The molecule has 174 valence electrons. The highest BCUT2D eigenvalue weighted by atomic mass is 35.5. The quantitative estimate of drug-likeness (QED) is 0.375. The Hall–Kier alpha value is -2.67. The maximum atomic E-state index is 12.8. The van der Waals surface area contributed by atoms with E-state index in [1.54, 1.807) is 24.3 Å². The summed E-state index contributed by atoms with van der Waals surface area (Å²) >= 11 is 7.50. The second-order valence-corrected chi connectivity index (χ2v) is 10.3. The lowest BCUT2D eigenvalue weighted by atomic mass is 10.1. The number of ether oxygens (including phenoxy) is 1. The van der Waals surface area contributed by atoms with Crippen molar-refractivity contribution in [3.63, 3.8) is 0 Å². The summed E-state index contributed by atoms with van der Waals surface area (Å²) in [5, 5.41) is 11.2. The molecule has 1 atom stereocenters. The van der Waals surface area contributed by atoms with Crippen LogP contribution in [0.5, 0.6) is 0 Å². The first-order chi connectivity index (χ1) is 15.6. The first-order valence-electron chi connectivity index (χ1n) is 10.7. The van der Waals surface area contributed by atoms with E-state index in [2.05, 4.69) is 0 Å². The van der Waals surface area contributed by atoms with Crippen LogP contribution in [0.1, 0.15) is 47.7 Å². The van der Waals surface area contributed by atoms with E-state index in [1.165, 1.54) is 16.2 Å². The lowest BCUT2D eigenvalue weighted by Crippen LogP contribution is -2.40. The molecular weight excluding hydrogens is 458 g/mol. The third-order valence-corrected chi connectivity index (χ3v) is 6.23. The Bertz CT molecular complexity index is 1090. The van der Waals surface area contributed by atoms with Crippen LogP contribution in [0.3, 0.4) is 0 Å². The topological polar surface area (TPSA) is 66.8 Å². The van der Waals surface area contributed by atoms with Crippen LogP contribution in [0.15, 0.2) is 60.7 Å². The van der Waals surface area contributed by atoms with Crippen LogP contribution in [0.2, 0.25) is 5.02 Å². The molecule has 33 heavy (non-hydrogen) atoms. The highest BCUT2D eigenvalue weighted by Crippen LogP contribution is 2.27. The maximum absolute atomic E-state index is 12.8. The summed E-state index contributed by atoms with van der Waals surface area (Å²) in [7, 11) is 0. The van der Waals surface area contributed by atoms with E-state index in [0.717, 1.165) is 22.3 Å². The van der Waals surface area contributed by atoms with Gasteiger partial charge in [-0.25, -0.2) is 4.79 Å². The molecular formula is C26H28ClNO4S. The first-order valence-corrected chi connectivity index (χ1v) is 11.9. The van der Waals surface area contributed by atoms with E-state index in [9.17, 15) is 14.7 Å². The molecule has 0 saturated carbocycles. The Balaban J connectivity index is 1.69. The number of hydrogen-bond donors (Lipinski definition) is 1. The number of aliphatic hydroxyl groups excluding tert-OH is 1. The molecule has 0 unspecified atom stereocenters. The van der Waals surface area contributed by atoms with Crippen molar-refractivity contribution < 1.29 is 19.4 Å². The predicted molar refractivity (Wildman–Crippen MR) is 133 cm³/mol. The van der Waals surface area contributed by atoms with Crippen molar-refractivity contribution in [3.05, 3.63) is 81.7 Å². The molecule has 1 amide bonds. The highest BCUT2D eigenvalue weighted by Gasteiger charge is 2.24. The Morgan fingerprint density at radius 3 is 2.48 bits per heavy atom. The van der Waals surface area contributed by atoms with Crippen LogP contribution in [-0.2, 0) is 11.2 Å². The van der Waals surface area contributed by atoms with Crippen molar-refractivity contribution in [2.45, 2.75) is 38.9 Å². The van der Waals surface area contributed by atoms with Crippen LogP contribution in [-0.4, -0.2) is 41.1 Å². The molecule has 2 aromatic carbocycles. The van der Waals surface area contributed by atoms with Crippen LogP contribution in [0, 0.1) is 0 Å². The lowest BCUT2D eigenvalue weighted by molar-refractivity contribution is 0.0147. The van der Waals surface area contributed by atoms with E-state index in [4.69, 9.17) is 16.3 Å². The van der Waals surface area contributed by atoms with E-state index >= 15 is 0 Å². The van der Waals surface area contributed by atoms with Gasteiger partial charge in [0.05, 0.1) is 17.5 Å². The number of thiophene rings is 1. The van der Waals surface area contributed by atoms with E-state index in [0.29, 0.717) is 28.4 Å². The second-order valence-electron chi connectivity index (χ2n) is 8.76. The Kier molecular flexibility index (Phi) is 8.30. The molecule has 0 aliphatic rings. The minimum atomic E-state index is -0.885. The van der Waals surface area contributed by atoms with Gasteiger partial charge in [-0.1, -0.05) is 48.0 Å². The fraction of sp³-hybridized carbons (Fsp3) is 0.308. The van der Waals surface area contributed by atoms with Crippen LogP contribution in [0.25, 0.3) is 10.4 Å². The van der Waals surface area contributed by atoms with Crippen LogP contribution < -0.4 is 0 Å². The number of carbonyl (C=O) groups is 2. The van der Waals surface area contributed by atoms with Gasteiger partial charge in [0.1, 0.15) is 5.60 Å². The summed E-state index contributed by atoms with van der Waals surface area (Å²) in [6, 6.07) is 18.8. The normalized spacial score (nSPS) is 12.3. The number of amides is 1. The van der Waals surface area contributed by atoms with Crippen molar-refractivity contribution in [2.75, 3.05) is 13.1 Å².